The van der Waals surface area contributed by atoms with Crippen molar-refractivity contribution in [3.05, 3.63) is 33.1 Å². The van der Waals surface area contributed by atoms with Gasteiger partial charge in [0.2, 0.25) is 10.0 Å². The third kappa shape index (κ3) is 4.10. The van der Waals surface area contributed by atoms with Crippen LogP contribution in [0.3, 0.4) is 0 Å². The number of aryl methyl sites for hydroxylation is 1. The number of sulfonamides is 1. The van der Waals surface area contributed by atoms with E-state index in [1.165, 1.54) is 22.7 Å². The molecule has 0 fully saturated rings. The first kappa shape index (κ1) is 15.6. The molecule has 2 heterocycles. The lowest BCUT2D eigenvalue weighted by molar-refractivity contribution is 0.583. The minimum Gasteiger partial charge on any atom is -0.312 e. The largest absolute Gasteiger partial charge is 0.312 e. The Balaban J connectivity index is 2.00. The summed E-state index contributed by atoms with van der Waals surface area (Å²) in [4.78, 5) is 5.25. The molecule has 0 aromatic carbocycles. The highest BCUT2D eigenvalue weighted by atomic mass is 32.2. The Morgan fingerprint density at radius 3 is 2.75 bits per heavy atom. The maximum absolute atomic E-state index is 12.2. The summed E-state index contributed by atoms with van der Waals surface area (Å²) < 4.78 is 27.2. The first-order valence-corrected chi connectivity index (χ1v) is 9.39. The number of hydrogen-bond acceptors (Lipinski definition) is 6. The van der Waals surface area contributed by atoms with Crippen molar-refractivity contribution >= 4 is 32.7 Å². The lowest BCUT2D eigenvalue weighted by atomic mass is 10.4. The van der Waals surface area contributed by atoms with Crippen LogP contribution in [0.1, 0.15) is 22.5 Å². The molecular weight excluding hydrogens is 314 g/mol. The molecule has 0 saturated carbocycles. The minimum atomic E-state index is -3.45. The summed E-state index contributed by atoms with van der Waals surface area (Å²) in [6.45, 7) is 5.70. The number of thiazole rings is 1. The molecule has 0 spiro atoms. The van der Waals surface area contributed by atoms with Crippen molar-refractivity contribution in [3.8, 4) is 0 Å². The van der Waals surface area contributed by atoms with E-state index in [-0.39, 0.29) is 6.54 Å². The number of rotatable bonds is 7. The molecule has 0 saturated heterocycles. The lowest BCUT2D eigenvalue weighted by Gasteiger charge is -2.02. The monoisotopic (exact) mass is 331 g/mol. The first-order chi connectivity index (χ1) is 9.51. The van der Waals surface area contributed by atoms with Gasteiger partial charge in [-0.05, 0) is 25.6 Å². The molecule has 8 heteroatoms. The van der Waals surface area contributed by atoms with Crippen LogP contribution >= 0.6 is 22.7 Å². The summed E-state index contributed by atoms with van der Waals surface area (Å²) in [5, 5.41) is 5.86. The van der Waals surface area contributed by atoms with E-state index in [9.17, 15) is 8.42 Å². The van der Waals surface area contributed by atoms with Gasteiger partial charge in [0.05, 0.1) is 6.54 Å². The number of aromatic nitrogens is 1. The normalized spacial score (nSPS) is 11.9. The van der Waals surface area contributed by atoms with Crippen LogP contribution in [-0.2, 0) is 23.1 Å². The third-order valence-electron chi connectivity index (χ3n) is 2.53. The van der Waals surface area contributed by atoms with Gasteiger partial charge in [-0.1, -0.05) is 6.92 Å². The Morgan fingerprint density at radius 1 is 1.30 bits per heavy atom. The van der Waals surface area contributed by atoms with Gasteiger partial charge < -0.3 is 5.32 Å². The Labute approximate surface area is 127 Å². The summed E-state index contributed by atoms with van der Waals surface area (Å²) in [7, 11) is -3.45. The van der Waals surface area contributed by atoms with Crippen molar-refractivity contribution in [2.45, 2.75) is 31.1 Å². The average molecular weight is 331 g/mol. The highest BCUT2D eigenvalue weighted by Crippen LogP contribution is 2.21. The van der Waals surface area contributed by atoms with E-state index in [2.05, 4.69) is 15.0 Å². The summed E-state index contributed by atoms with van der Waals surface area (Å²) in [5.74, 6) is 0. The van der Waals surface area contributed by atoms with E-state index in [0.29, 0.717) is 10.8 Å². The SMILES string of the molecule is CCNCc1ccc(S(=O)(=O)NCc2nc(C)cs2)s1. The topological polar surface area (TPSA) is 71.1 Å². The smallest absolute Gasteiger partial charge is 0.250 e. The summed E-state index contributed by atoms with van der Waals surface area (Å²) in [6, 6.07) is 3.49. The zero-order chi connectivity index (χ0) is 14.6. The van der Waals surface area contributed by atoms with Crippen LogP contribution in [0.2, 0.25) is 0 Å². The van der Waals surface area contributed by atoms with Gasteiger partial charge in [0.15, 0.2) is 0 Å². The quantitative estimate of drug-likeness (QED) is 0.815. The van der Waals surface area contributed by atoms with Crippen LogP contribution in [0.5, 0.6) is 0 Å². The predicted octanol–water partition coefficient (Wildman–Crippen LogP) is 2.10. The molecule has 5 nitrogen and oxygen atoms in total. The molecular formula is C12H17N3O2S3. The number of nitrogens with zero attached hydrogens (tertiary/aromatic N) is 1. The minimum absolute atomic E-state index is 0.237. The number of hydrogen-bond donors (Lipinski definition) is 2. The van der Waals surface area contributed by atoms with Gasteiger partial charge in [-0.15, -0.1) is 22.7 Å². The molecule has 0 aliphatic rings. The van der Waals surface area contributed by atoms with Crippen LogP contribution in [0.4, 0.5) is 0 Å². The van der Waals surface area contributed by atoms with Gasteiger partial charge in [0.1, 0.15) is 9.22 Å². The summed E-state index contributed by atoms with van der Waals surface area (Å²) in [6.07, 6.45) is 0. The molecule has 0 atom stereocenters. The van der Waals surface area contributed by atoms with E-state index < -0.39 is 10.0 Å². The zero-order valence-electron chi connectivity index (χ0n) is 11.3. The van der Waals surface area contributed by atoms with Crippen molar-refractivity contribution in [2.24, 2.45) is 0 Å². The zero-order valence-corrected chi connectivity index (χ0v) is 13.8. The van der Waals surface area contributed by atoms with Crippen LogP contribution < -0.4 is 10.0 Å². The molecule has 0 aliphatic heterocycles. The van der Waals surface area contributed by atoms with Gasteiger partial charge in [0, 0.05) is 22.5 Å². The Morgan fingerprint density at radius 2 is 2.10 bits per heavy atom. The van der Waals surface area contributed by atoms with E-state index in [4.69, 9.17) is 0 Å². The van der Waals surface area contributed by atoms with Crippen molar-refractivity contribution in [2.75, 3.05) is 6.54 Å². The van der Waals surface area contributed by atoms with Crippen LogP contribution in [0.25, 0.3) is 0 Å². The molecule has 2 aromatic rings. The highest BCUT2D eigenvalue weighted by Gasteiger charge is 2.17. The number of nitrogens with one attached hydrogen (secondary N) is 2. The fourth-order valence-corrected chi connectivity index (χ4v) is 4.72. The van der Waals surface area contributed by atoms with Gasteiger partial charge in [-0.3, -0.25) is 0 Å². The van der Waals surface area contributed by atoms with E-state index in [1.54, 1.807) is 6.07 Å². The predicted molar refractivity (Wildman–Crippen MR) is 82.6 cm³/mol. The van der Waals surface area contributed by atoms with E-state index in [1.807, 2.05) is 25.3 Å². The molecule has 110 valence electrons. The van der Waals surface area contributed by atoms with Gasteiger partial charge >= 0.3 is 0 Å². The van der Waals surface area contributed by atoms with E-state index in [0.717, 1.165) is 22.1 Å². The standard InChI is InChI=1S/C12H17N3O2S3/c1-3-13-6-10-4-5-12(19-10)20(16,17)14-7-11-15-9(2)8-18-11/h4-5,8,13-14H,3,6-7H2,1-2H3. The van der Waals surface area contributed by atoms with Crippen LogP contribution in [0, 0.1) is 6.92 Å². The summed E-state index contributed by atoms with van der Waals surface area (Å²) >= 11 is 2.75. The lowest BCUT2D eigenvalue weighted by Crippen LogP contribution is -2.22. The van der Waals surface area contributed by atoms with Gasteiger partial charge in [-0.25, -0.2) is 18.1 Å². The van der Waals surface area contributed by atoms with E-state index >= 15 is 0 Å². The molecule has 20 heavy (non-hydrogen) atoms. The molecule has 0 unspecified atom stereocenters. The highest BCUT2D eigenvalue weighted by molar-refractivity contribution is 7.91. The summed E-state index contributed by atoms with van der Waals surface area (Å²) in [5.41, 5.74) is 0.910. The molecule has 2 N–H and O–H groups in total. The van der Waals surface area contributed by atoms with Gasteiger partial charge in [-0.2, -0.15) is 0 Å². The van der Waals surface area contributed by atoms with Crippen molar-refractivity contribution in [1.82, 2.24) is 15.0 Å². The van der Waals surface area contributed by atoms with Crippen molar-refractivity contribution in [1.29, 1.82) is 0 Å². The fourth-order valence-electron chi connectivity index (χ4n) is 1.56. The molecule has 2 rings (SSSR count). The number of thiophene rings is 1. The molecule has 0 radical (unpaired) electrons. The first-order valence-electron chi connectivity index (χ1n) is 6.21. The third-order valence-corrected chi connectivity index (χ3v) is 6.48. The van der Waals surface area contributed by atoms with Gasteiger partial charge in [0.25, 0.3) is 0 Å². The van der Waals surface area contributed by atoms with Crippen molar-refractivity contribution in [3.63, 3.8) is 0 Å². The second kappa shape index (κ2) is 6.77. The average Bonchev–Trinajstić information content (AvgIpc) is 3.03. The molecule has 0 aliphatic carbocycles. The Kier molecular flexibility index (Phi) is 5.28. The van der Waals surface area contributed by atoms with Crippen LogP contribution in [-0.4, -0.2) is 19.9 Å². The molecule has 0 bridgehead atoms. The molecule has 0 amide bonds. The maximum atomic E-state index is 12.2. The van der Waals surface area contributed by atoms with Crippen LogP contribution in [0.15, 0.2) is 21.7 Å². The Bertz CT molecular complexity index is 661. The van der Waals surface area contributed by atoms with Crippen molar-refractivity contribution < 1.29 is 8.42 Å². The Hall–Kier alpha value is -0.800. The maximum Gasteiger partial charge on any atom is 0.250 e. The fraction of sp³-hybridized carbons (Fsp3) is 0.417. The second-order valence-electron chi connectivity index (χ2n) is 4.21. The second-order valence-corrected chi connectivity index (χ2v) is 8.31. The molecule has 2 aromatic heterocycles.